The van der Waals surface area contributed by atoms with Crippen molar-refractivity contribution in [2.24, 2.45) is 5.41 Å². The van der Waals surface area contributed by atoms with E-state index in [2.05, 4.69) is 17.4 Å². The molecule has 2 N–H and O–H groups in total. The molecule has 0 radical (unpaired) electrons. The Labute approximate surface area is 198 Å². The van der Waals surface area contributed by atoms with Gasteiger partial charge in [-0.2, -0.15) is 0 Å². The average molecular weight is 467 g/mol. The van der Waals surface area contributed by atoms with Crippen LogP contribution in [0.4, 0.5) is 4.79 Å². The van der Waals surface area contributed by atoms with Gasteiger partial charge in [-0.15, -0.1) is 0 Å². The number of nitrogens with zero attached hydrogens (tertiary/aromatic N) is 1. The van der Waals surface area contributed by atoms with Crippen molar-refractivity contribution in [3.63, 3.8) is 0 Å². The number of benzene rings is 2. The Hall–Kier alpha value is -3.39. The second-order valence-corrected chi connectivity index (χ2v) is 9.22. The van der Waals surface area contributed by atoms with Crippen molar-refractivity contribution < 1.29 is 29.0 Å². The van der Waals surface area contributed by atoms with Crippen LogP contribution in [0.1, 0.15) is 36.8 Å². The normalized spacial score (nSPS) is 16.7. The zero-order chi connectivity index (χ0) is 24.3. The van der Waals surface area contributed by atoms with Gasteiger partial charge in [0.2, 0.25) is 5.91 Å². The molecule has 8 nitrogen and oxygen atoms in total. The largest absolute Gasteiger partial charge is 0.481 e. The van der Waals surface area contributed by atoms with Gasteiger partial charge in [0.15, 0.2) is 0 Å². The minimum atomic E-state index is -0.948. The predicted molar refractivity (Wildman–Crippen MR) is 125 cm³/mol. The quantitative estimate of drug-likeness (QED) is 0.550. The van der Waals surface area contributed by atoms with Crippen LogP contribution in [-0.2, 0) is 19.1 Å². The van der Waals surface area contributed by atoms with E-state index in [-0.39, 0.29) is 31.5 Å². The predicted octanol–water partition coefficient (Wildman–Crippen LogP) is 3.25. The maximum Gasteiger partial charge on any atom is 0.407 e. The van der Waals surface area contributed by atoms with E-state index in [1.165, 1.54) is 4.90 Å². The lowest BCUT2D eigenvalue weighted by atomic mass is 9.81. The average Bonchev–Trinajstić information content (AvgIpc) is 3.13. The van der Waals surface area contributed by atoms with Gasteiger partial charge in [0.25, 0.3) is 0 Å². The maximum atomic E-state index is 13.0. The summed E-state index contributed by atoms with van der Waals surface area (Å²) in [4.78, 5) is 38.5. The van der Waals surface area contributed by atoms with Crippen LogP contribution < -0.4 is 5.32 Å². The van der Waals surface area contributed by atoms with E-state index in [0.717, 1.165) is 22.3 Å². The maximum absolute atomic E-state index is 13.0. The Morgan fingerprint density at radius 2 is 1.68 bits per heavy atom. The summed E-state index contributed by atoms with van der Waals surface area (Å²) in [5.41, 5.74) is 3.55. The molecule has 1 aliphatic carbocycles. The number of likely N-dealkylation sites (tertiary alicyclic amines) is 1. The smallest absolute Gasteiger partial charge is 0.407 e. The highest BCUT2D eigenvalue weighted by Crippen LogP contribution is 2.44. The summed E-state index contributed by atoms with van der Waals surface area (Å²) < 4.78 is 10.7. The van der Waals surface area contributed by atoms with Gasteiger partial charge < -0.3 is 24.8 Å². The number of rotatable bonds is 9. The second kappa shape index (κ2) is 9.85. The van der Waals surface area contributed by atoms with Gasteiger partial charge in [0.1, 0.15) is 12.6 Å². The molecule has 1 fully saturated rings. The molecule has 4 rings (SSSR count). The standard InChI is InChI=1S/C26H30N2O6/c1-26(24(30)31)15-28(16-26)23(29)22(12-7-13-33-2)27-25(32)34-14-21-19-10-5-3-8-17(19)18-9-4-6-11-20(18)21/h3-6,8-11,21-22H,7,12-16H2,1-2H3,(H,27,32)(H,30,31). The summed E-state index contributed by atoms with van der Waals surface area (Å²) in [6.07, 6.45) is 0.275. The summed E-state index contributed by atoms with van der Waals surface area (Å²) in [5.74, 6) is -1.31. The molecule has 1 saturated heterocycles. The Morgan fingerprint density at radius 3 is 2.24 bits per heavy atom. The van der Waals surface area contributed by atoms with Crippen LogP contribution in [0.15, 0.2) is 48.5 Å². The highest BCUT2D eigenvalue weighted by molar-refractivity contribution is 5.88. The Bertz CT molecular complexity index is 1030. The molecule has 2 amide bonds. The van der Waals surface area contributed by atoms with E-state index in [4.69, 9.17) is 9.47 Å². The van der Waals surface area contributed by atoms with Crippen molar-refractivity contribution >= 4 is 18.0 Å². The van der Waals surface area contributed by atoms with Crippen LogP contribution in [0.25, 0.3) is 11.1 Å². The van der Waals surface area contributed by atoms with E-state index in [9.17, 15) is 19.5 Å². The van der Waals surface area contributed by atoms with Gasteiger partial charge in [-0.25, -0.2) is 4.79 Å². The van der Waals surface area contributed by atoms with E-state index in [1.54, 1.807) is 14.0 Å². The molecule has 34 heavy (non-hydrogen) atoms. The van der Waals surface area contributed by atoms with E-state index >= 15 is 0 Å². The number of amides is 2. The molecule has 1 unspecified atom stereocenters. The topological polar surface area (TPSA) is 105 Å². The molecule has 2 aromatic rings. The third kappa shape index (κ3) is 4.63. The molecule has 1 heterocycles. The fraction of sp³-hybridized carbons (Fsp3) is 0.423. The number of carboxylic acid groups (broad SMARTS) is 1. The van der Waals surface area contributed by atoms with Gasteiger partial charge in [-0.05, 0) is 42.0 Å². The SMILES string of the molecule is COCCCC(NC(=O)OCC1c2ccccc2-c2ccccc21)C(=O)N1CC(C)(C(=O)O)C1. The minimum absolute atomic E-state index is 0.0764. The van der Waals surface area contributed by atoms with Gasteiger partial charge in [-0.1, -0.05) is 48.5 Å². The number of alkyl carbamates (subject to hydrolysis) is 1. The lowest BCUT2D eigenvalue weighted by Gasteiger charge is -2.46. The number of hydrogen-bond acceptors (Lipinski definition) is 5. The Balaban J connectivity index is 1.39. The fourth-order valence-corrected chi connectivity index (χ4v) is 4.78. The van der Waals surface area contributed by atoms with Gasteiger partial charge in [0.05, 0.1) is 5.41 Å². The molecule has 8 heteroatoms. The monoisotopic (exact) mass is 466 g/mol. The number of carboxylic acids is 1. The Morgan fingerprint density at radius 1 is 1.09 bits per heavy atom. The fourth-order valence-electron chi connectivity index (χ4n) is 4.78. The highest BCUT2D eigenvalue weighted by Gasteiger charge is 2.48. The van der Waals surface area contributed by atoms with Crippen LogP contribution in [0.3, 0.4) is 0 Å². The van der Waals surface area contributed by atoms with Crippen molar-refractivity contribution in [3.05, 3.63) is 59.7 Å². The third-order valence-corrected chi connectivity index (χ3v) is 6.68. The molecule has 1 atom stereocenters. The van der Waals surface area contributed by atoms with Crippen molar-refractivity contribution in [3.8, 4) is 11.1 Å². The summed E-state index contributed by atoms with van der Waals surface area (Å²) >= 11 is 0. The summed E-state index contributed by atoms with van der Waals surface area (Å²) in [6.45, 7) is 2.45. The summed E-state index contributed by atoms with van der Waals surface area (Å²) in [7, 11) is 1.57. The van der Waals surface area contributed by atoms with Crippen molar-refractivity contribution in [1.82, 2.24) is 10.2 Å². The molecule has 2 aromatic carbocycles. The van der Waals surface area contributed by atoms with Gasteiger partial charge in [0, 0.05) is 32.7 Å². The number of fused-ring (bicyclic) bond motifs is 3. The lowest BCUT2D eigenvalue weighted by molar-refractivity contribution is -0.164. The molecule has 1 aliphatic heterocycles. The number of hydrogen-bond donors (Lipinski definition) is 2. The first-order chi connectivity index (χ1) is 16.3. The lowest BCUT2D eigenvalue weighted by Crippen LogP contribution is -2.64. The number of ether oxygens (including phenoxy) is 2. The highest BCUT2D eigenvalue weighted by atomic mass is 16.5. The molecule has 2 aliphatic rings. The Kier molecular flexibility index (Phi) is 6.88. The molecular weight excluding hydrogens is 436 g/mol. The molecule has 0 bridgehead atoms. The van der Waals surface area contributed by atoms with Crippen LogP contribution in [0.5, 0.6) is 0 Å². The summed E-state index contributed by atoms with van der Waals surface area (Å²) in [5, 5.41) is 12.0. The van der Waals surface area contributed by atoms with Gasteiger partial charge in [-0.3, -0.25) is 9.59 Å². The van der Waals surface area contributed by atoms with Crippen LogP contribution in [-0.4, -0.2) is 67.4 Å². The zero-order valence-electron chi connectivity index (χ0n) is 19.5. The molecular formula is C26H30N2O6. The molecule has 180 valence electrons. The first-order valence-corrected chi connectivity index (χ1v) is 11.5. The van der Waals surface area contributed by atoms with Gasteiger partial charge >= 0.3 is 12.1 Å². The number of carbonyl (C=O) groups is 3. The molecule has 0 aromatic heterocycles. The minimum Gasteiger partial charge on any atom is -0.481 e. The number of nitrogens with one attached hydrogen (secondary N) is 1. The second-order valence-electron chi connectivity index (χ2n) is 9.22. The van der Waals surface area contributed by atoms with E-state index < -0.39 is 23.5 Å². The first kappa shape index (κ1) is 23.8. The molecule has 0 spiro atoms. The first-order valence-electron chi connectivity index (χ1n) is 11.5. The number of carbonyl (C=O) groups excluding carboxylic acids is 2. The van der Waals surface area contributed by atoms with Crippen molar-refractivity contribution in [2.45, 2.75) is 31.7 Å². The van der Waals surface area contributed by atoms with Crippen LogP contribution in [0.2, 0.25) is 0 Å². The molecule has 0 saturated carbocycles. The van der Waals surface area contributed by atoms with E-state index in [0.29, 0.717) is 19.4 Å². The summed E-state index contributed by atoms with van der Waals surface area (Å²) in [6, 6.07) is 15.3. The number of methoxy groups -OCH3 is 1. The van der Waals surface area contributed by atoms with Crippen molar-refractivity contribution in [2.75, 3.05) is 33.4 Å². The van der Waals surface area contributed by atoms with Crippen LogP contribution >= 0.6 is 0 Å². The third-order valence-electron chi connectivity index (χ3n) is 6.68. The van der Waals surface area contributed by atoms with Crippen LogP contribution in [0, 0.1) is 5.41 Å². The number of aliphatic carboxylic acids is 1. The van der Waals surface area contributed by atoms with Crippen molar-refractivity contribution in [1.29, 1.82) is 0 Å². The van der Waals surface area contributed by atoms with E-state index in [1.807, 2.05) is 36.4 Å². The zero-order valence-corrected chi connectivity index (χ0v) is 19.5.